The summed E-state index contributed by atoms with van der Waals surface area (Å²) in [6.07, 6.45) is 1.47. The average molecular weight is 312 g/mol. The SMILES string of the molecule is CC(C)C(N)C(=O)Nc1cccc(N2CCCC2=O)c1.Cl. The number of nitrogens with one attached hydrogen (secondary N) is 1. The first-order chi connectivity index (χ1) is 9.49. The van der Waals surface area contributed by atoms with Gasteiger partial charge in [0.15, 0.2) is 0 Å². The molecular formula is C15H22ClN3O2. The molecule has 5 nitrogen and oxygen atoms in total. The molecule has 0 aliphatic carbocycles. The van der Waals surface area contributed by atoms with Crippen LogP contribution < -0.4 is 16.0 Å². The Morgan fingerprint density at radius 1 is 1.38 bits per heavy atom. The van der Waals surface area contributed by atoms with Crippen LogP contribution in [0, 0.1) is 5.92 Å². The zero-order chi connectivity index (χ0) is 14.7. The molecule has 1 saturated heterocycles. The number of anilines is 2. The topological polar surface area (TPSA) is 75.4 Å². The summed E-state index contributed by atoms with van der Waals surface area (Å²) in [5, 5.41) is 2.80. The quantitative estimate of drug-likeness (QED) is 0.894. The van der Waals surface area contributed by atoms with Crippen molar-refractivity contribution in [3.63, 3.8) is 0 Å². The molecule has 21 heavy (non-hydrogen) atoms. The summed E-state index contributed by atoms with van der Waals surface area (Å²) in [6, 6.07) is 6.79. The van der Waals surface area contributed by atoms with Crippen LogP contribution in [0.15, 0.2) is 24.3 Å². The van der Waals surface area contributed by atoms with Crippen LogP contribution in [0.25, 0.3) is 0 Å². The van der Waals surface area contributed by atoms with Crippen LogP contribution >= 0.6 is 12.4 Å². The van der Waals surface area contributed by atoms with Crippen molar-refractivity contribution in [2.45, 2.75) is 32.7 Å². The van der Waals surface area contributed by atoms with Crippen LogP contribution in [-0.4, -0.2) is 24.4 Å². The highest BCUT2D eigenvalue weighted by atomic mass is 35.5. The van der Waals surface area contributed by atoms with E-state index in [4.69, 9.17) is 5.73 Å². The molecule has 1 aromatic rings. The van der Waals surface area contributed by atoms with Gasteiger partial charge in [-0.2, -0.15) is 0 Å². The smallest absolute Gasteiger partial charge is 0.241 e. The van der Waals surface area contributed by atoms with Crippen LogP contribution in [-0.2, 0) is 9.59 Å². The number of amides is 2. The van der Waals surface area contributed by atoms with E-state index < -0.39 is 6.04 Å². The molecule has 0 bridgehead atoms. The van der Waals surface area contributed by atoms with Gasteiger partial charge in [0.25, 0.3) is 0 Å². The van der Waals surface area contributed by atoms with Crippen molar-refractivity contribution in [3.05, 3.63) is 24.3 Å². The Balaban J connectivity index is 0.00000220. The fourth-order valence-corrected chi connectivity index (χ4v) is 2.20. The molecule has 3 N–H and O–H groups in total. The molecular weight excluding hydrogens is 290 g/mol. The summed E-state index contributed by atoms with van der Waals surface area (Å²) < 4.78 is 0. The number of halogens is 1. The molecule has 6 heteroatoms. The second-order valence-electron chi connectivity index (χ2n) is 5.46. The van der Waals surface area contributed by atoms with Crippen LogP contribution in [0.1, 0.15) is 26.7 Å². The number of benzene rings is 1. The first kappa shape index (κ1) is 17.5. The van der Waals surface area contributed by atoms with Crippen molar-refractivity contribution < 1.29 is 9.59 Å². The lowest BCUT2D eigenvalue weighted by atomic mass is 10.0. The van der Waals surface area contributed by atoms with Crippen molar-refractivity contribution in [2.24, 2.45) is 11.7 Å². The highest BCUT2D eigenvalue weighted by molar-refractivity contribution is 5.98. The maximum atomic E-state index is 11.9. The Morgan fingerprint density at radius 3 is 2.67 bits per heavy atom. The van der Waals surface area contributed by atoms with E-state index in [0.29, 0.717) is 12.1 Å². The van der Waals surface area contributed by atoms with Crippen molar-refractivity contribution in [2.75, 3.05) is 16.8 Å². The molecule has 1 atom stereocenters. The van der Waals surface area contributed by atoms with E-state index in [1.165, 1.54) is 0 Å². The van der Waals surface area contributed by atoms with E-state index in [1.54, 1.807) is 11.0 Å². The summed E-state index contributed by atoms with van der Waals surface area (Å²) in [5.74, 6) is 0.00981. The highest BCUT2D eigenvalue weighted by Gasteiger charge is 2.22. The van der Waals surface area contributed by atoms with E-state index in [1.807, 2.05) is 32.0 Å². The number of nitrogens with two attached hydrogens (primary N) is 1. The summed E-state index contributed by atoms with van der Waals surface area (Å²) >= 11 is 0. The molecule has 1 aliphatic heterocycles. The van der Waals surface area contributed by atoms with E-state index in [9.17, 15) is 9.59 Å². The highest BCUT2D eigenvalue weighted by Crippen LogP contribution is 2.24. The lowest BCUT2D eigenvalue weighted by Crippen LogP contribution is -2.39. The fraction of sp³-hybridized carbons (Fsp3) is 0.467. The zero-order valence-electron chi connectivity index (χ0n) is 12.3. The molecule has 1 aromatic carbocycles. The van der Waals surface area contributed by atoms with E-state index >= 15 is 0 Å². The average Bonchev–Trinajstić information content (AvgIpc) is 2.84. The minimum Gasteiger partial charge on any atom is -0.325 e. The third kappa shape index (κ3) is 4.19. The van der Waals surface area contributed by atoms with E-state index in [0.717, 1.165) is 18.7 Å². The summed E-state index contributed by atoms with van der Waals surface area (Å²) in [5.41, 5.74) is 7.31. The summed E-state index contributed by atoms with van der Waals surface area (Å²) in [6.45, 7) is 4.55. The van der Waals surface area contributed by atoms with Crippen LogP contribution in [0.5, 0.6) is 0 Å². The summed E-state index contributed by atoms with van der Waals surface area (Å²) in [4.78, 5) is 25.4. The van der Waals surface area contributed by atoms with Gasteiger partial charge in [-0.05, 0) is 30.5 Å². The minimum atomic E-state index is -0.535. The van der Waals surface area contributed by atoms with Gasteiger partial charge in [-0.1, -0.05) is 19.9 Å². The van der Waals surface area contributed by atoms with E-state index in [-0.39, 0.29) is 30.1 Å². The number of hydrogen-bond acceptors (Lipinski definition) is 3. The predicted molar refractivity (Wildman–Crippen MR) is 86.7 cm³/mol. The van der Waals surface area contributed by atoms with Crippen LogP contribution in [0.3, 0.4) is 0 Å². The molecule has 1 unspecified atom stereocenters. The number of rotatable bonds is 4. The molecule has 0 radical (unpaired) electrons. The van der Waals surface area contributed by atoms with Crippen molar-refractivity contribution >= 4 is 35.6 Å². The van der Waals surface area contributed by atoms with Crippen molar-refractivity contribution in [1.82, 2.24) is 0 Å². The first-order valence-electron chi connectivity index (χ1n) is 6.96. The minimum absolute atomic E-state index is 0. The molecule has 1 aliphatic rings. The van der Waals surface area contributed by atoms with Crippen molar-refractivity contribution in [1.29, 1.82) is 0 Å². The maximum Gasteiger partial charge on any atom is 0.241 e. The number of carbonyl (C=O) groups is 2. The van der Waals surface area contributed by atoms with Gasteiger partial charge in [0.2, 0.25) is 11.8 Å². The van der Waals surface area contributed by atoms with Gasteiger partial charge in [0, 0.05) is 24.3 Å². The second kappa shape index (κ2) is 7.43. The number of hydrogen-bond donors (Lipinski definition) is 2. The monoisotopic (exact) mass is 311 g/mol. The predicted octanol–water partition coefficient (Wildman–Crippen LogP) is 2.16. The van der Waals surface area contributed by atoms with Crippen LogP contribution in [0.4, 0.5) is 11.4 Å². The van der Waals surface area contributed by atoms with Crippen LogP contribution in [0.2, 0.25) is 0 Å². The number of nitrogens with zero attached hydrogens (tertiary/aromatic N) is 1. The molecule has 1 fully saturated rings. The van der Waals surface area contributed by atoms with Gasteiger partial charge < -0.3 is 16.0 Å². The lowest BCUT2D eigenvalue weighted by Gasteiger charge is -2.18. The molecule has 1 heterocycles. The van der Waals surface area contributed by atoms with Gasteiger partial charge in [0.05, 0.1) is 6.04 Å². The normalized spacial score (nSPS) is 15.8. The third-order valence-corrected chi connectivity index (χ3v) is 3.52. The molecule has 2 rings (SSSR count). The Morgan fingerprint density at radius 2 is 2.10 bits per heavy atom. The molecule has 2 amide bonds. The van der Waals surface area contributed by atoms with Gasteiger partial charge >= 0.3 is 0 Å². The van der Waals surface area contributed by atoms with Crippen molar-refractivity contribution in [3.8, 4) is 0 Å². The first-order valence-corrected chi connectivity index (χ1v) is 6.96. The fourth-order valence-electron chi connectivity index (χ4n) is 2.20. The van der Waals surface area contributed by atoms with Gasteiger partial charge in [-0.15, -0.1) is 12.4 Å². The largest absolute Gasteiger partial charge is 0.325 e. The van der Waals surface area contributed by atoms with Gasteiger partial charge in [-0.3, -0.25) is 9.59 Å². The Hall–Kier alpha value is -1.59. The van der Waals surface area contributed by atoms with E-state index in [2.05, 4.69) is 5.32 Å². The Kier molecular flexibility index (Phi) is 6.18. The van der Waals surface area contributed by atoms with Gasteiger partial charge in [-0.25, -0.2) is 0 Å². The number of carbonyl (C=O) groups excluding carboxylic acids is 2. The zero-order valence-corrected chi connectivity index (χ0v) is 13.2. The van der Waals surface area contributed by atoms with Gasteiger partial charge in [0.1, 0.15) is 0 Å². The molecule has 0 spiro atoms. The maximum absolute atomic E-state index is 11.9. The second-order valence-corrected chi connectivity index (χ2v) is 5.46. The molecule has 116 valence electrons. The Labute approximate surface area is 131 Å². The molecule has 0 saturated carbocycles. The lowest BCUT2D eigenvalue weighted by molar-refractivity contribution is -0.118. The third-order valence-electron chi connectivity index (χ3n) is 3.52. The standard InChI is InChI=1S/C15H21N3O2.ClH/c1-10(2)14(16)15(20)17-11-5-3-6-12(9-11)18-8-4-7-13(18)19;/h3,5-6,9-10,14H,4,7-8,16H2,1-2H3,(H,17,20);1H. The summed E-state index contributed by atoms with van der Waals surface area (Å²) in [7, 11) is 0. The molecule has 0 aromatic heterocycles. The Bertz CT molecular complexity index is 519.